The molecule has 1 atom stereocenters. The fraction of sp³-hybridized carbons (Fsp3) is 0.600. The van der Waals surface area contributed by atoms with E-state index < -0.39 is 0 Å². The molecule has 0 fully saturated rings. The molecule has 3 N–H and O–H groups in total. The molecule has 108 valence electrons. The van der Waals surface area contributed by atoms with Crippen LogP contribution in [0.2, 0.25) is 0 Å². The van der Waals surface area contributed by atoms with Gasteiger partial charge in [0.15, 0.2) is 0 Å². The van der Waals surface area contributed by atoms with Gasteiger partial charge in [-0.05, 0) is 44.4 Å². The second-order valence-electron chi connectivity index (χ2n) is 5.26. The zero-order valence-electron chi connectivity index (χ0n) is 12.1. The number of aliphatic hydroxyl groups excluding tert-OH is 1. The molecular formula is C15H25FN2O. The van der Waals surface area contributed by atoms with Crippen molar-refractivity contribution in [3.8, 4) is 0 Å². The Morgan fingerprint density at radius 3 is 2.53 bits per heavy atom. The molecule has 0 spiro atoms. The number of nitrogens with two attached hydrogens (primary N) is 1. The zero-order valence-corrected chi connectivity index (χ0v) is 12.1. The molecule has 0 heterocycles. The molecular weight excluding hydrogens is 243 g/mol. The van der Waals surface area contributed by atoms with Crippen LogP contribution in [0.25, 0.3) is 0 Å². The number of halogens is 1. The zero-order chi connectivity index (χ0) is 14.4. The molecule has 0 radical (unpaired) electrons. The monoisotopic (exact) mass is 268 g/mol. The Morgan fingerprint density at radius 1 is 1.32 bits per heavy atom. The highest BCUT2D eigenvalue weighted by Crippen LogP contribution is 2.18. The summed E-state index contributed by atoms with van der Waals surface area (Å²) in [5.41, 5.74) is 7.57. The molecule has 19 heavy (non-hydrogen) atoms. The molecule has 0 aliphatic rings. The number of benzene rings is 1. The second-order valence-corrected chi connectivity index (χ2v) is 5.26. The lowest BCUT2D eigenvalue weighted by molar-refractivity contribution is 0.161. The van der Waals surface area contributed by atoms with Crippen LogP contribution in [0.5, 0.6) is 0 Å². The minimum Gasteiger partial charge on any atom is -0.395 e. The van der Waals surface area contributed by atoms with E-state index in [2.05, 4.69) is 18.7 Å². The third-order valence-electron chi connectivity index (χ3n) is 3.47. The quantitative estimate of drug-likeness (QED) is 0.797. The van der Waals surface area contributed by atoms with Crippen molar-refractivity contribution in [3.05, 3.63) is 35.1 Å². The Kier molecular flexibility index (Phi) is 6.42. The number of hydrogen-bond acceptors (Lipinski definition) is 3. The molecule has 4 heteroatoms. The maximum absolute atomic E-state index is 13.5. The highest BCUT2D eigenvalue weighted by molar-refractivity contribution is 5.25. The van der Waals surface area contributed by atoms with Gasteiger partial charge < -0.3 is 10.8 Å². The van der Waals surface area contributed by atoms with Crippen molar-refractivity contribution >= 4 is 0 Å². The third-order valence-corrected chi connectivity index (χ3v) is 3.47. The van der Waals surface area contributed by atoms with Gasteiger partial charge >= 0.3 is 0 Å². The molecule has 0 aliphatic carbocycles. The number of aryl methyl sites for hydroxylation is 1. The van der Waals surface area contributed by atoms with Crippen LogP contribution in [0.15, 0.2) is 18.2 Å². The largest absolute Gasteiger partial charge is 0.395 e. The minimum atomic E-state index is -0.205. The van der Waals surface area contributed by atoms with E-state index >= 15 is 0 Å². The first kappa shape index (κ1) is 16.1. The van der Waals surface area contributed by atoms with Crippen LogP contribution >= 0.6 is 0 Å². The van der Waals surface area contributed by atoms with Crippen LogP contribution in [0.4, 0.5) is 4.39 Å². The Balaban J connectivity index is 2.58. The van der Waals surface area contributed by atoms with E-state index in [9.17, 15) is 4.39 Å². The molecule has 1 aromatic rings. The SMILES string of the molecule is Cc1ccc(C(N)CCN(CCO)C(C)C)cc1F. The average molecular weight is 268 g/mol. The van der Waals surface area contributed by atoms with Gasteiger partial charge in [-0.15, -0.1) is 0 Å². The maximum atomic E-state index is 13.5. The second kappa shape index (κ2) is 7.58. The summed E-state index contributed by atoms with van der Waals surface area (Å²) in [6.45, 7) is 7.51. The van der Waals surface area contributed by atoms with Gasteiger partial charge in [-0.25, -0.2) is 4.39 Å². The van der Waals surface area contributed by atoms with Gasteiger partial charge in [0.2, 0.25) is 0 Å². The molecule has 0 saturated heterocycles. The summed E-state index contributed by atoms with van der Waals surface area (Å²) in [4.78, 5) is 2.17. The standard InChI is InChI=1S/C15H25FN2O/c1-11(2)18(8-9-19)7-6-15(17)13-5-4-12(3)14(16)10-13/h4-5,10-11,15,19H,6-9,17H2,1-3H3. The van der Waals surface area contributed by atoms with E-state index in [0.29, 0.717) is 18.2 Å². The Morgan fingerprint density at radius 2 is 2.00 bits per heavy atom. The molecule has 0 saturated carbocycles. The van der Waals surface area contributed by atoms with Gasteiger partial charge in [0.1, 0.15) is 5.82 Å². The van der Waals surface area contributed by atoms with Crippen molar-refractivity contribution in [3.63, 3.8) is 0 Å². The van der Waals surface area contributed by atoms with Crippen LogP contribution < -0.4 is 5.73 Å². The Bertz CT molecular complexity index is 396. The first-order valence-electron chi connectivity index (χ1n) is 6.82. The van der Waals surface area contributed by atoms with E-state index in [4.69, 9.17) is 10.8 Å². The molecule has 0 aliphatic heterocycles. The minimum absolute atomic E-state index is 0.145. The molecule has 0 bridgehead atoms. The maximum Gasteiger partial charge on any atom is 0.126 e. The topological polar surface area (TPSA) is 49.5 Å². The molecule has 0 aromatic heterocycles. The lowest BCUT2D eigenvalue weighted by Gasteiger charge is -2.27. The van der Waals surface area contributed by atoms with Crippen molar-refractivity contribution < 1.29 is 9.50 Å². The normalized spacial score (nSPS) is 13.3. The number of hydrogen-bond donors (Lipinski definition) is 2. The summed E-state index contributed by atoms with van der Waals surface area (Å²) < 4.78 is 13.5. The van der Waals surface area contributed by atoms with Gasteiger partial charge in [0, 0.05) is 25.2 Å². The lowest BCUT2D eigenvalue weighted by Crippen LogP contribution is -2.35. The van der Waals surface area contributed by atoms with Gasteiger partial charge in [-0.2, -0.15) is 0 Å². The van der Waals surface area contributed by atoms with Gasteiger partial charge in [-0.1, -0.05) is 12.1 Å². The fourth-order valence-electron chi connectivity index (χ4n) is 2.07. The van der Waals surface area contributed by atoms with E-state index in [1.807, 2.05) is 6.07 Å². The molecule has 1 rings (SSSR count). The number of nitrogens with zero attached hydrogens (tertiary/aromatic N) is 1. The Hall–Kier alpha value is -0.970. The van der Waals surface area contributed by atoms with Crippen LogP contribution in [0, 0.1) is 12.7 Å². The predicted molar refractivity (Wildman–Crippen MR) is 76.5 cm³/mol. The van der Waals surface area contributed by atoms with Crippen LogP contribution in [-0.4, -0.2) is 35.7 Å². The van der Waals surface area contributed by atoms with Crippen molar-refractivity contribution in [1.82, 2.24) is 4.90 Å². The predicted octanol–water partition coefficient (Wildman–Crippen LogP) is 2.23. The van der Waals surface area contributed by atoms with Gasteiger partial charge in [0.05, 0.1) is 6.61 Å². The van der Waals surface area contributed by atoms with E-state index in [1.165, 1.54) is 6.07 Å². The summed E-state index contributed by atoms with van der Waals surface area (Å²) in [7, 11) is 0. The van der Waals surface area contributed by atoms with E-state index in [0.717, 1.165) is 18.5 Å². The number of rotatable bonds is 7. The van der Waals surface area contributed by atoms with Crippen LogP contribution in [-0.2, 0) is 0 Å². The van der Waals surface area contributed by atoms with Crippen molar-refractivity contribution in [2.75, 3.05) is 19.7 Å². The van der Waals surface area contributed by atoms with Crippen molar-refractivity contribution in [2.24, 2.45) is 5.73 Å². The average Bonchev–Trinajstić information content (AvgIpc) is 2.37. The van der Waals surface area contributed by atoms with Crippen LogP contribution in [0.1, 0.15) is 37.4 Å². The summed E-state index contributed by atoms with van der Waals surface area (Å²) in [6.07, 6.45) is 0.751. The van der Waals surface area contributed by atoms with Crippen LogP contribution in [0.3, 0.4) is 0 Å². The third kappa shape index (κ3) is 4.90. The van der Waals surface area contributed by atoms with Crippen molar-refractivity contribution in [1.29, 1.82) is 0 Å². The van der Waals surface area contributed by atoms with Crippen molar-refractivity contribution in [2.45, 2.75) is 39.3 Å². The summed E-state index contributed by atoms with van der Waals surface area (Å²) >= 11 is 0. The molecule has 3 nitrogen and oxygen atoms in total. The smallest absolute Gasteiger partial charge is 0.126 e. The summed E-state index contributed by atoms with van der Waals surface area (Å²) in [6, 6.07) is 5.36. The Labute approximate surface area is 115 Å². The molecule has 1 unspecified atom stereocenters. The molecule has 0 amide bonds. The first-order chi connectivity index (χ1) is 8.95. The molecule has 1 aromatic carbocycles. The summed E-state index contributed by atoms with van der Waals surface area (Å²) in [5.74, 6) is -0.205. The number of aliphatic hydroxyl groups is 1. The highest BCUT2D eigenvalue weighted by atomic mass is 19.1. The van der Waals surface area contributed by atoms with E-state index in [-0.39, 0.29) is 18.5 Å². The highest BCUT2D eigenvalue weighted by Gasteiger charge is 2.13. The lowest BCUT2D eigenvalue weighted by atomic mass is 10.0. The first-order valence-corrected chi connectivity index (χ1v) is 6.82. The van der Waals surface area contributed by atoms with Gasteiger partial charge in [-0.3, -0.25) is 4.90 Å². The summed E-state index contributed by atoms with van der Waals surface area (Å²) in [5, 5.41) is 9.01. The fourth-order valence-corrected chi connectivity index (χ4v) is 2.07. The van der Waals surface area contributed by atoms with Gasteiger partial charge in [0.25, 0.3) is 0 Å². The van der Waals surface area contributed by atoms with E-state index in [1.54, 1.807) is 13.0 Å².